The van der Waals surface area contributed by atoms with E-state index in [2.05, 4.69) is 34.6 Å². The van der Waals surface area contributed by atoms with Gasteiger partial charge in [-0.1, -0.05) is 34.6 Å². The molecule has 0 N–H and O–H groups in total. The molecule has 0 radical (unpaired) electrons. The molecule has 0 spiro atoms. The Labute approximate surface area is 76.7 Å². The summed E-state index contributed by atoms with van der Waals surface area (Å²) in [6, 6.07) is 0. The second-order valence-electron chi connectivity index (χ2n) is 5.45. The van der Waals surface area contributed by atoms with Gasteiger partial charge in [0.25, 0.3) is 0 Å². The molecule has 0 heterocycles. The minimum absolute atomic E-state index is 0.965. The van der Waals surface area contributed by atoms with Crippen LogP contribution in [0.3, 0.4) is 0 Å². The Morgan fingerprint density at radius 2 is 0.667 bits per heavy atom. The topological polar surface area (TPSA) is 0 Å². The number of hydrogen-bond acceptors (Lipinski definition) is 0. The summed E-state index contributed by atoms with van der Waals surface area (Å²) in [5.41, 5.74) is 0. The minimum Gasteiger partial charge on any atom is -0.0620 e. The molecular weight excluding hydrogens is 144 g/mol. The Morgan fingerprint density at radius 1 is 0.417 bits per heavy atom. The smallest absolute Gasteiger partial charge is 0.0324 e. The first-order valence-corrected chi connectivity index (χ1v) is 5.55. The third-order valence-electron chi connectivity index (χ3n) is 5.36. The fourth-order valence-electron chi connectivity index (χ4n) is 4.10. The average molecular weight is 166 g/mol. The van der Waals surface area contributed by atoms with Gasteiger partial charge in [0, 0.05) is 0 Å². The molecule has 12 heavy (non-hydrogen) atoms. The van der Waals surface area contributed by atoms with E-state index in [0.717, 1.165) is 41.4 Å². The molecule has 6 atom stereocenters. The van der Waals surface area contributed by atoms with Crippen LogP contribution in [0.2, 0.25) is 0 Å². The summed E-state index contributed by atoms with van der Waals surface area (Å²) in [4.78, 5) is 0. The lowest BCUT2D eigenvalue weighted by molar-refractivity contribution is -0.00977. The predicted octanol–water partition coefficient (Wildman–Crippen LogP) is 3.43. The zero-order valence-corrected chi connectivity index (χ0v) is 9.04. The summed E-state index contributed by atoms with van der Waals surface area (Å²) in [5, 5.41) is 0. The largest absolute Gasteiger partial charge is 0.0620 e. The summed E-state index contributed by atoms with van der Waals surface area (Å²) >= 11 is 0. The number of hydrogen-bond donors (Lipinski definition) is 0. The summed E-state index contributed by atoms with van der Waals surface area (Å²) in [6.07, 6.45) is 0. The Kier molecular flexibility index (Phi) is 1.79. The maximum absolute atomic E-state index is 2.47. The zero-order chi connectivity index (χ0) is 9.04. The van der Waals surface area contributed by atoms with Gasteiger partial charge in [0.05, 0.1) is 0 Å². The second-order valence-corrected chi connectivity index (χ2v) is 5.45. The van der Waals surface area contributed by atoms with Gasteiger partial charge in [0.1, 0.15) is 0 Å². The van der Waals surface area contributed by atoms with Crippen molar-refractivity contribution in [2.45, 2.75) is 34.6 Å². The van der Waals surface area contributed by atoms with Gasteiger partial charge in [-0.25, -0.2) is 0 Å². The van der Waals surface area contributed by atoms with E-state index in [0.29, 0.717) is 0 Å². The van der Waals surface area contributed by atoms with Crippen molar-refractivity contribution >= 4 is 0 Å². The van der Waals surface area contributed by atoms with Gasteiger partial charge >= 0.3 is 0 Å². The summed E-state index contributed by atoms with van der Waals surface area (Å²) in [7, 11) is 0. The first kappa shape index (κ1) is 8.59. The van der Waals surface area contributed by atoms with Crippen molar-refractivity contribution in [1.82, 2.24) is 0 Å². The highest BCUT2D eigenvalue weighted by Gasteiger charge is 2.56. The van der Waals surface area contributed by atoms with E-state index in [9.17, 15) is 0 Å². The molecule has 0 amide bonds. The maximum Gasteiger partial charge on any atom is -0.0324 e. The van der Waals surface area contributed by atoms with E-state index in [-0.39, 0.29) is 0 Å². The molecular formula is C12H22. The molecule has 2 saturated carbocycles. The molecule has 2 aliphatic carbocycles. The molecule has 0 heteroatoms. The highest BCUT2D eigenvalue weighted by molar-refractivity contribution is 5.04. The van der Waals surface area contributed by atoms with Crippen LogP contribution in [0.5, 0.6) is 0 Å². The van der Waals surface area contributed by atoms with Crippen LogP contribution < -0.4 is 0 Å². The van der Waals surface area contributed by atoms with Crippen LogP contribution in [0, 0.1) is 41.4 Å². The molecule has 2 rings (SSSR count). The van der Waals surface area contributed by atoms with E-state index in [1.54, 1.807) is 0 Å². The predicted molar refractivity (Wildman–Crippen MR) is 52.8 cm³/mol. The molecule has 2 aliphatic rings. The molecule has 0 saturated heterocycles. The lowest BCUT2D eigenvalue weighted by atomic mass is 9.56. The molecule has 70 valence electrons. The highest BCUT2D eigenvalue weighted by Crippen LogP contribution is 2.61. The van der Waals surface area contributed by atoms with Crippen molar-refractivity contribution < 1.29 is 0 Å². The molecule has 6 unspecified atom stereocenters. The molecule has 0 nitrogen and oxygen atoms in total. The van der Waals surface area contributed by atoms with E-state index in [1.807, 2.05) is 0 Å². The third-order valence-corrected chi connectivity index (χ3v) is 5.36. The van der Waals surface area contributed by atoms with E-state index in [4.69, 9.17) is 0 Å². The second kappa shape index (κ2) is 2.49. The first-order valence-electron chi connectivity index (χ1n) is 5.55. The normalized spacial score (nSPS) is 64.2. The van der Waals surface area contributed by atoms with Gasteiger partial charge in [-0.2, -0.15) is 0 Å². The highest BCUT2D eigenvalue weighted by atomic mass is 14.6. The average Bonchev–Trinajstić information content (AvgIpc) is 2.26. The van der Waals surface area contributed by atoms with Crippen LogP contribution in [0.1, 0.15) is 34.6 Å². The number of fused-ring (bicyclic) bond motifs is 1. The SMILES string of the molecule is CC1C(C)C2C(C)C(C)C2C1C. The van der Waals surface area contributed by atoms with E-state index < -0.39 is 0 Å². The zero-order valence-electron chi connectivity index (χ0n) is 9.04. The Hall–Kier alpha value is 0. The summed E-state index contributed by atoms with van der Waals surface area (Å²) in [5.74, 6) is 7.05. The van der Waals surface area contributed by atoms with Crippen LogP contribution in [0.15, 0.2) is 0 Å². The van der Waals surface area contributed by atoms with Crippen molar-refractivity contribution in [3.8, 4) is 0 Å². The fourth-order valence-corrected chi connectivity index (χ4v) is 4.10. The van der Waals surface area contributed by atoms with Crippen LogP contribution >= 0.6 is 0 Å². The monoisotopic (exact) mass is 166 g/mol. The first-order chi connectivity index (χ1) is 5.55. The number of rotatable bonds is 0. The van der Waals surface area contributed by atoms with Crippen LogP contribution in [0.25, 0.3) is 0 Å². The minimum atomic E-state index is 0.965. The van der Waals surface area contributed by atoms with E-state index in [1.165, 1.54) is 0 Å². The summed E-state index contributed by atoms with van der Waals surface area (Å²) in [6.45, 7) is 12.3. The van der Waals surface area contributed by atoms with Crippen molar-refractivity contribution in [1.29, 1.82) is 0 Å². The van der Waals surface area contributed by atoms with Gasteiger partial charge in [0.2, 0.25) is 0 Å². The molecule has 0 aromatic heterocycles. The van der Waals surface area contributed by atoms with Gasteiger partial charge in [0.15, 0.2) is 0 Å². The summed E-state index contributed by atoms with van der Waals surface area (Å²) < 4.78 is 0. The molecule has 0 aromatic rings. The quantitative estimate of drug-likeness (QED) is 0.517. The lowest BCUT2D eigenvalue weighted by Crippen LogP contribution is -2.44. The van der Waals surface area contributed by atoms with Gasteiger partial charge < -0.3 is 0 Å². The molecule has 0 aromatic carbocycles. The Balaban J connectivity index is 2.19. The van der Waals surface area contributed by atoms with Crippen LogP contribution in [0.4, 0.5) is 0 Å². The van der Waals surface area contributed by atoms with Crippen molar-refractivity contribution in [3.05, 3.63) is 0 Å². The Morgan fingerprint density at radius 3 is 1.00 bits per heavy atom. The fraction of sp³-hybridized carbons (Fsp3) is 1.00. The molecule has 2 fully saturated rings. The van der Waals surface area contributed by atoms with Crippen LogP contribution in [-0.4, -0.2) is 0 Å². The standard InChI is InChI=1S/C12H22/c1-6-7(2)11-9(4)10(5)12(11)8(6)3/h6-12H,1-5H3. The van der Waals surface area contributed by atoms with Crippen molar-refractivity contribution in [2.75, 3.05) is 0 Å². The Bertz CT molecular complexity index is 164. The third kappa shape index (κ3) is 0.791. The van der Waals surface area contributed by atoms with Crippen molar-refractivity contribution in [2.24, 2.45) is 41.4 Å². The van der Waals surface area contributed by atoms with Crippen molar-refractivity contribution in [3.63, 3.8) is 0 Å². The van der Waals surface area contributed by atoms with Gasteiger partial charge in [-0.15, -0.1) is 0 Å². The maximum atomic E-state index is 2.47. The van der Waals surface area contributed by atoms with E-state index >= 15 is 0 Å². The van der Waals surface area contributed by atoms with Gasteiger partial charge in [-0.3, -0.25) is 0 Å². The molecule has 0 aliphatic heterocycles. The lowest BCUT2D eigenvalue weighted by Gasteiger charge is -2.49. The van der Waals surface area contributed by atoms with Gasteiger partial charge in [-0.05, 0) is 41.4 Å². The molecule has 0 bridgehead atoms. The van der Waals surface area contributed by atoms with Crippen LogP contribution in [-0.2, 0) is 0 Å².